The molecule has 6 nitrogen and oxygen atoms in total. The summed E-state index contributed by atoms with van der Waals surface area (Å²) in [6, 6.07) is 10.0. The van der Waals surface area contributed by atoms with Gasteiger partial charge in [-0.15, -0.1) is 11.3 Å². The number of ether oxygens (including phenoxy) is 1. The predicted molar refractivity (Wildman–Crippen MR) is 107 cm³/mol. The molecule has 2 heterocycles. The predicted octanol–water partition coefficient (Wildman–Crippen LogP) is 3.62. The molecule has 0 radical (unpaired) electrons. The number of hydrogen-bond donors (Lipinski definition) is 2. The zero-order valence-electron chi connectivity index (χ0n) is 15.7. The van der Waals surface area contributed by atoms with Crippen molar-refractivity contribution in [2.45, 2.75) is 33.4 Å². The molecule has 2 N–H and O–H groups in total. The zero-order chi connectivity index (χ0) is 19.2. The Hall–Kier alpha value is -2.38. The number of anilines is 1. The summed E-state index contributed by atoms with van der Waals surface area (Å²) in [6.07, 6.45) is 0.768. The Bertz CT molecular complexity index is 804. The van der Waals surface area contributed by atoms with E-state index in [2.05, 4.69) is 27.7 Å². The summed E-state index contributed by atoms with van der Waals surface area (Å²) in [5.41, 5.74) is 2.79. The van der Waals surface area contributed by atoms with Gasteiger partial charge in [0.2, 0.25) is 0 Å². The lowest BCUT2D eigenvalue weighted by atomic mass is 10.0. The number of hydrogen-bond acceptors (Lipinski definition) is 5. The van der Waals surface area contributed by atoms with Crippen LogP contribution in [0.15, 0.2) is 30.3 Å². The van der Waals surface area contributed by atoms with Crippen LogP contribution in [0.3, 0.4) is 0 Å². The van der Waals surface area contributed by atoms with Crippen LogP contribution in [0.25, 0.3) is 0 Å². The summed E-state index contributed by atoms with van der Waals surface area (Å²) in [6.45, 7) is 6.97. The second kappa shape index (κ2) is 9.01. The van der Waals surface area contributed by atoms with Crippen molar-refractivity contribution >= 4 is 28.3 Å². The highest BCUT2D eigenvalue weighted by Gasteiger charge is 2.29. The van der Waals surface area contributed by atoms with E-state index in [-0.39, 0.29) is 12.0 Å². The minimum atomic E-state index is -0.363. The van der Waals surface area contributed by atoms with Gasteiger partial charge in [0.1, 0.15) is 5.00 Å². The topological polar surface area (TPSA) is 70.7 Å². The molecule has 27 heavy (non-hydrogen) atoms. The molecule has 0 fully saturated rings. The van der Waals surface area contributed by atoms with Gasteiger partial charge in [-0.3, -0.25) is 10.2 Å². The summed E-state index contributed by atoms with van der Waals surface area (Å²) < 4.78 is 5.24. The molecule has 0 spiro atoms. The highest BCUT2D eigenvalue weighted by atomic mass is 32.1. The fraction of sp³-hybridized carbons (Fsp3) is 0.400. The monoisotopic (exact) mass is 387 g/mol. The Morgan fingerprint density at radius 1 is 1.22 bits per heavy atom. The number of nitrogens with one attached hydrogen (secondary N) is 2. The first-order chi connectivity index (χ1) is 13.1. The number of amides is 2. The zero-order valence-corrected chi connectivity index (χ0v) is 16.5. The Morgan fingerprint density at radius 2 is 2.00 bits per heavy atom. The van der Waals surface area contributed by atoms with Crippen LogP contribution in [0, 0.1) is 0 Å². The fourth-order valence-corrected chi connectivity index (χ4v) is 4.52. The van der Waals surface area contributed by atoms with Crippen molar-refractivity contribution in [2.75, 3.05) is 25.0 Å². The van der Waals surface area contributed by atoms with E-state index >= 15 is 0 Å². The first-order valence-corrected chi connectivity index (χ1v) is 10.1. The van der Waals surface area contributed by atoms with E-state index in [0.29, 0.717) is 23.7 Å². The van der Waals surface area contributed by atoms with Crippen LogP contribution in [-0.2, 0) is 24.2 Å². The molecule has 0 saturated heterocycles. The smallest absolute Gasteiger partial charge is 0.341 e. The van der Waals surface area contributed by atoms with Gasteiger partial charge in [-0.2, -0.15) is 0 Å². The summed E-state index contributed by atoms with van der Waals surface area (Å²) in [5.74, 6) is -0.363. The molecular weight excluding hydrogens is 362 g/mol. The summed E-state index contributed by atoms with van der Waals surface area (Å²) in [5, 5.41) is 6.10. The fourth-order valence-electron chi connectivity index (χ4n) is 3.25. The molecule has 7 heteroatoms. The van der Waals surface area contributed by atoms with E-state index in [1.165, 1.54) is 16.9 Å². The average molecular weight is 388 g/mol. The molecular formula is C20H25N3O3S. The van der Waals surface area contributed by atoms with Crippen LogP contribution >= 0.6 is 11.3 Å². The maximum Gasteiger partial charge on any atom is 0.341 e. The Kier molecular flexibility index (Phi) is 6.47. The third-order valence-electron chi connectivity index (χ3n) is 4.43. The van der Waals surface area contributed by atoms with Gasteiger partial charge in [-0.1, -0.05) is 30.3 Å². The lowest BCUT2D eigenvalue weighted by Crippen LogP contribution is -2.30. The van der Waals surface area contributed by atoms with E-state index < -0.39 is 0 Å². The lowest BCUT2D eigenvalue weighted by Gasteiger charge is -2.27. The third kappa shape index (κ3) is 4.67. The molecule has 0 unspecified atom stereocenters. The molecule has 2 amide bonds. The van der Waals surface area contributed by atoms with Crippen molar-refractivity contribution in [3.8, 4) is 0 Å². The van der Waals surface area contributed by atoms with Crippen LogP contribution in [0.2, 0.25) is 0 Å². The van der Waals surface area contributed by atoms with Gasteiger partial charge >= 0.3 is 12.0 Å². The van der Waals surface area contributed by atoms with Crippen LogP contribution in [0.5, 0.6) is 0 Å². The van der Waals surface area contributed by atoms with Crippen molar-refractivity contribution in [3.63, 3.8) is 0 Å². The van der Waals surface area contributed by atoms with E-state index in [9.17, 15) is 9.59 Å². The van der Waals surface area contributed by atoms with Crippen LogP contribution < -0.4 is 10.6 Å². The third-order valence-corrected chi connectivity index (χ3v) is 5.56. The number of benzene rings is 1. The van der Waals surface area contributed by atoms with Gasteiger partial charge in [0.05, 0.1) is 12.2 Å². The second-order valence-electron chi connectivity index (χ2n) is 6.36. The van der Waals surface area contributed by atoms with Crippen LogP contribution in [-0.4, -0.2) is 36.6 Å². The molecule has 144 valence electrons. The molecule has 1 aliphatic rings. The van der Waals surface area contributed by atoms with Crippen LogP contribution in [0.1, 0.15) is 40.2 Å². The first kappa shape index (κ1) is 19.4. The molecule has 0 bridgehead atoms. The molecule has 0 saturated carbocycles. The van der Waals surface area contributed by atoms with E-state index in [0.717, 1.165) is 36.5 Å². The number of fused-ring (bicyclic) bond motifs is 1. The number of nitrogens with zero attached hydrogens (tertiary/aromatic N) is 1. The van der Waals surface area contributed by atoms with E-state index in [1.54, 1.807) is 6.92 Å². The summed E-state index contributed by atoms with van der Waals surface area (Å²) in [4.78, 5) is 28.0. The van der Waals surface area contributed by atoms with Gasteiger partial charge in [-0.05, 0) is 31.4 Å². The standard InChI is InChI=1S/C20H25N3O3S/c1-3-21-20(25)22-18-17(19(24)26-4-2)15-10-11-23(13-16(15)27-18)12-14-8-6-5-7-9-14/h5-9H,3-4,10-13H2,1-2H3,(H2,21,22,25). The number of carbonyl (C=O) groups excluding carboxylic acids is 2. The van der Waals surface area contributed by atoms with E-state index in [1.807, 2.05) is 25.1 Å². The molecule has 1 aromatic carbocycles. The quantitative estimate of drug-likeness (QED) is 0.743. The highest BCUT2D eigenvalue weighted by Crippen LogP contribution is 2.38. The highest BCUT2D eigenvalue weighted by molar-refractivity contribution is 7.17. The van der Waals surface area contributed by atoms with Crippen LogP contribution in [0.4, 0.5) is 9.80 Å². The Balaban J connectivity index is 1.82. The number of thiophene rings is 1. The van der Waals surface area contributed by atoms with Gasteiger partial charge in [0, 0.05) is 31.1 Å². The maximum atomic E-state index is 12.5. The molecule has 0 atom stereocenters. The van der Waals surface area contributed by atoms with Gasteiger partial charge in [0.15, 0.2) is 0 Å². The normalized spacial score (nSPS) is 13.7. The minimum Gasteiger partial charge on any atom is -0.462 e. The number of rotatable bonds is 6. The van der Waals surface area contributed by atoms with Crippen molar-refractivity contribution in [1.82, 2.24) is 10.2 Å². The van der Waals surface area contributed by atoms with Crippen molar-refractivity contribution in [2.24, 2.45) is 0 Å². The molecule has 1 aromatic heterocycles. The van der Waals surface area contributed by atoms with Gasteiger partial charge in [0.25, 0.3) is 0 Å². The van der Waals surface area contributed by atoms with Gasteiger partial charge < -0.3 is 10.1 Å². The number of carbonyl (C=O) groups is 2. The lowest BCUT2D eigenvalue weighted by molar-refractivity contribution is 0.0526. The summed E-state index contributed by atoms with van der Waals surface area (Å²) >= 11 is 1.47. The van der Waals surface area contributed by atoms with Crippen molar-refractivity contribution in [1.29, 1.82) is 0 Å². The number of esters is 1. The Morgan fingerprint density at radius 3 is 2.70 bits per heavy atom. The molecule has 3 rings (SSSR count). The number of urea groups is 1. The average Bonchev–Trinajstić information content (AvgIpc) is 3.00. The van der Waals surface area contributed by atoms with Crippen molar-refractivity contribution < 1.29 is 14.3 Å². The minimum absolute atomic E-state index is 0.303. The molecule has 2 aromatic rings. The van der Waals surface area contributed by atoms with E-state index in [4.69, 9.17) is 4.74 Å². The molecule has 1 aliphatic heterocycles. The molecule has 0 aliphatic carbocycles. The largest absolute Gasteiger partial charge is 0.462 e. The first-order valence-electron chi connectivity index (χ1n) is 9.25. The summed E-state index contributed by atoms with van der Waals surface area (Å²) in [7, 11) is 0. The maximum absolute atomic E-state index is 12.5. The second-order valence-corrected chi connectivity index (χ2v) is 7.46. The van der Waals surface area contributed by atoms with Gasteiger partial charge in [-0.25, -0.2) is 9.59 Å². The SMILES string of the molecule is CCNC(=O)Nc1sc2c(c1C(=O)OCC)CCN(Cc1ccccc1)C2. The Labute approximate surface area is 163 Å². The van der Waals surface area contributed by atoms with Crippen molar-refractivity contribution in [3.05, 3.63) is 51.9 Å².